The Morgan fingerprint density at radius 3 is 1.92 bits per heavy atom. The molecule has 0 aliphatic rings. The number of aliphatic carboxylic acids is 1. The summed E-state index contributed by atoms with van der Waals surface area (Å²) in [6.07, 6.45) is 2.07. The van der Waals surface area contributed by atoms with E-state index in [4.69, 9.17) is 5.11 Å². The molecule has 0 saturated heterocycles. The van der Waals surface area contributed by atoms with Gasteiger partial charge in [-0.1, -0.05) is 13.8 Å². The van der Waals surface area contributed by atoms with E-state index in [9.17, 15) is 4.79 Å². The average molecular weight is 188 g/mol. The standard InChI is InChI=1S/C10H21NO2/c1-5-7-11(4,8-6-2)9(3)10(12)13/h9H,5-8H2,1-4H3/p+1. The van der Waals surface area contributed by atoms with Crippen LogP contribution in [-0.4, -0.2) is 41.7 Å². The maximum atomic E-state index is 10.9. The van der Waals surface area contributed by atoms with Crippen LogP contribution in [0.3, 0.4) is 0 Å². The van der Waals surface area contributed by atoms with E-state index < -0.39 is 5.97 Å². The smallest absolute Gasteiger partial charge is 0.362 e. The fraction of sp³-hybridized carbons (Fsp3) is 0.900. The largest absolute Gasteiger partial charge is 0.477 e. The summed E-state index contributed by atoms with van der Waals surface area (Å²) in [6.45, 7) is 7.89. The van der Waals surface area contributed by atoms with Crippen LogP contribution in [0.2, 0.25) is 0 Å². The van der Waals surface area contributed by atoms with Gasteiger partial charge < -0.3 is 9.59 Å². The third-order valence-electron chi connectivity index (χ3n) is 2.76. The number of carbonyl (C=O) groups is 1. The minimum Gasteiger partial charge on any atom is -0.477 e. The molecule has 0 fully saturated rings. The molecular weight excluding hydrogens is 166 g/mol. The van der Waals surface area contributed by atoms with E-state index >= 15 is 0 Å². The summed E-state index contributed by atoms with van der Waals surface area (Å²) in [4.78, 5) is 10.9. The Balaban J connectivity index is 4.45. The van der Waals surface area contributed by atoms with Crippen LogP contribution < -0.4 is 0 Å². The van der Waals surface area contributed by atoms with Crippen LogP contribution in [0.1, 0.15) is 33.6 Å². The normalized spacial score (nSPS) is 14.2. The third-order valence-corrected chi connectivity index (χ3v) is 2.76. The second kappa shape index (κ2) is 5.22. The zero-order valence-corrected chi connectivity index (χ0v) is 9.21. The number of hydrogen-bond donors (Lipinski definition) is 1. The second-order valence-corrected chi connectivity index (χ2v) is 3.94. The molecule has 0 amide bonds. The molecule has 0 radical (unpaired) electrons. The lowest BCUT2D eigenvalue weighted by Crippen LogP contribution is -2.55. The Labute approximate surface area is 80.9 Å². The zero-order valence-electron chi connectivity index (χ0n) is 9.21. The quantitative estimate of drug-likeness (QED) is 0.644. The van der Waals surface area contributed by atoms with Gasteiger partial charge in [0.15, 0.2) is 6.04 Å². The monoisotopic (exact) mass is 188 g/mol. The van der Waals surface area contributed by atoms with Crippen molar-refractivity contribution in [1.29, 1.82) is 0 Å². The first-order valence-electron chi connectivity index (χ1n) is 5.05. The number of carboxylic acid groups (broad SMARTS) is 1. The van der Waals surface area contributed by atoms with Crippen LogP contribution in [0.5, 0.6) is 0 Å². The van der Waals surface area contributed by atoms with Gasteiger partial charge in [-0.15, -0.1) is 0 Å². The summed E-state index contributed by atoms with van der Waals surface area (Å²) in [5.41, 5.74) is 0. The first kappa shape index (κ1) is 12.4. The molecule has 13 heavy (non-hydrogen) atoms. The molecule has 0 heterocycles. The van der Waals surface area contributed by atoms with Crippen LogP contribution in [-0.2, 0) is 4.79 Å². The number of rotatable bonds is 6. The van der Waals surface area contributed by atoms with Crippen LogP contribution in [0.4, 0.5) is 0 Å². The predicted octanol–water partition coefficient (Wildman–Crippen LogP) is 1.73. The number of likely N-dealkylation sites (N-methyl/N-ethyl adjacent to an activating group) is 1. The molecule has 3 nitrogen and oxygen atoms in total. The van der Waals surface area contributed by atoms with E-state index in [1.54, 1.807) is 6.92 Å². The topological polar surface area (TPSA) is 37.3 Å². The van der Waals surface area contributed by atoms with Crippen LogP contribution in [0, 0.1) is 0 Å². The molecule has 0 aliphatic carbocycles. The van der Waals surface area contributed by atoms with Gasteiger partial charge in [-0.05, 0) is 19.8 Å². The van der Waals surface area contributed by atoms with Gasteiger partial charge in [0.05, 0.1) is 20.1 Å². The molecule has 0 bridgehead atoms. The third kappa shape index (κ3) is 3.35. The van der Waals surface area contributed by atoms with Crippen molar-refractivity contribution in [3.05, 3.63) is 0 Å². The fourth-order valence-electron chi connectivity index (χ4n) is 1.79. The van der Waals surface area contributed by atoms with Crippen LogP contribution in [0.15, 0.2) is 0 Å². The number of hydrogen-bond acceptors (Lipinski definition) is 1. The summed E-state index contributed by atoms with van der Waals surface area (Å²) in [5, 5.41) is 8.96. The van der Waals surface area contributed by atoms with E-state index in [1.165, 1.54) is 0 Å². The molecule has 78 valence electrons. The molecular formula is C10H22NO2+. The lowest BCUT2D eigenvalue weighted by atomic mass is 10.2. The second-order valence-electron chi connectivity index (χ2n) is 3.94. The highest BCUT2D eigenvalue weighted by Gasteiger charge is 2.32. The lowest BCUT2D eigenvalue weighted by molar-refractivity contribution is -0.923. The Kier molecular flexibility index (Phi) is 4.99. The van der Waals surface area contributed by atoms with Gasteiger partial charge in [0.2, 0.25) is 0 Å². The van der Waals surface area contributed by atoms with Crippen LogP contribution >= 0.6 is 0 Å². The Morgan fingerprint density at radius 1 is 1.31 bits per heavy atom. The molecule has 1 N–H and O–H groups in total. The van der Waals surface area contributed by atoms with Gasteiger partial charge in [-0.3, -0.25) is 0 Å². The summed E-state index contributed by atoms with van der Waals surface area (Å²) in [6, 6.07) is -0.292. The van der Waals surface area contributed by atoms with Crippen molar-refractivity contribution in [2.75, 3.05) is 20.1 Å². The van der Waals surface area contributed by atoms with E-state index in [-0.39, 0.29) is 6.04 Å². The summed E-state index contributed by atoms with van der Waals surface area (Å²) >= 11 is 0. The molecule has 1 atom stereocenters. The van der Waals surface area contributed by atoms with Gasteiger partial charge in [0.1, 0.15) is 0 Å². The van der Waals surface area contributed by atoms with E-state index in [1.807, 2.05) is 7.05 Å². The Hall–Kier alpha value is -0.570. The summed E-state index contributed by atoms with van der Waals surface area (Å²) in [5.74, 6) is -0.690. The highest BCUT2D eigenvalue weighted by molar-refractivity contribution is 5.71. The molecule has 0 aromatic carbocycles. The van der Waals surface area contributed by atoms with E-state index in [0.717, 1.165) is 25.9 Å². The molecule has 0 spiro atoms. The van der Waals surface area contributed by atoms with Crippen LogP contribution in [0.25, 0.3) is 0 Å². The number of nitrogens with zero attached hydrogens (tertiary/aromatic N) is 1. The first-order valence-corrected chi connectivity index (χ1v) is 5.05. The first-order chi connectivity index (χ1) is 5.98. The van der Waals surface area contributed by atoms with Crippen molar-refractivity contribution < 1.29 is 14.4 Å². The SMILES string of the molecule is CCC[N+](C)(CCC)C(C)C(=O)O. The van der Waals surface area contributed by atoms with Gasteiger partial charge in [-0.2, -0.15) is 0 Å². The van der Waals surface area contributed by atoms with Gasteiger partial charge in [0.25, 0.3) is 0 Å². The number of carboxylic acids is 1. The zero-order chi connectivity index (χ0) is 10.5. The maximum Gasteiger partial charge on any atom is 0.362 e. The average Bonchev–Trinajstić information content (AvgIpc) is 2.03. The van der Waals surface area contributed by atoms with E-state index in [0.29, 0.717) is 4.48 Å². The van der Waals surface area contributed by atoms with Gasteiger partial charge in [-0.25, -0.2) is 4.79 Å². The molecule has 0 aromatic heterocycles. The Bertz CT molecular complexity index is 162. The van der Waals surface area contributed by atoms with Crippen molar-refractivity contribution in [1.82, 2.24) is 0 Å². The minimum atomic E-state index is -0.690. The summed E-state index contributed by atoms with van der Waals surface area (Å²) in [7, 11) is 2.03. The minimum absolute atomic E-state index is 0.292. The van der Waals surface area contributed by atoms with Crippen molar-refractivity contribution in [2.45, 2.75) is 39.7 Å². The highest BCUT2D eigenvalue weighted by atomic mass is 16.4. The van der Waals surface area contributed by atoms with Gasteiger partial charge >= 0.3 is 5.97 Å². The Morgan fingerprint density at radius 2 is 1.69 bits per heavy atom. The molecule has 0 aromatic rings. The predicted molar refractivity (Wildman–Crippen MR) is 53.6 cm³/mol. The van der Waals surface area contributed by atoms with Crippen molar-refractivity contribution in [3.8, 4) is 0 Å². The molecule has 0 rings (SSSR count). The highest BCUT2D eigenvalue weighted by Crippen LogP contribution is 2.12. The molecule has 1 unspecified atom stereocenters. The van der Waals surface area contributed by atoms with Crippen molar-refractivity contribution >= 4 is 5.97 Å². The fourth-order valence-corrected chi connectivity index (χ4v) is 1.79. The van der Waals surface area contributed by atoms with E-state index in [2.05, 4.69) is 13.8 Å². The summed E-state index contributed by atoms with van der Waals surface area (Å²) < 4.78 is 0.655. The molecule has 0 saturated carbocycles. The number of quaternary nitrogens is 1. The van der Waals surface area contributed by atoms with Crippen molar-refractivity contribution in [2.24, 2.45) is 0 Å². The molecule has 3 heteroatoms. The van der Waals surface area contributed by atoms with Crippen molar-refractivity contribution in [3.63, 3.8) is 0 Å². The van der Waals surface area contributed by atoms with Gasteiger partial charge in [0, 0.05) is 0 Å². The maximum absolute atomic E-state index is 10.9. The lowest BCUT2D eigenvalue weighted by Gasteiger charge is -2.37. The molecule has 0 aliphatic heterocycles.